The van der Waals surface area contributed by atoms with Crippen LogP contribution in [-0.4, -0.2) is 35.4 Å². The molecule has 0 aromatic carbocycles. The minimum atomic E-state index is -1.73. The minimum Gasteiger partial charge on any atom is -0.467 e. The summed E-state index contributed by atoms with van der Waals surface area (Å²) in [7, 11) is 1.14. The summed E-state index contributed by atoms with van der Waals surface area (Å²) in [5.74, 6) is -3.18. The molecule has 0 aromatic rings. The quantitative estimate of drug-likeness (QED) is 0.527. The van der Waals surface area contributed by atoms with Crippen molar-refractivity contribution < 1.29 is 19.1 Å². The Balaban J connectivity index is 2.39. The molecule has 8 heteroatoms. The molecule has 0 bridgehead atoms. The van der Waals surface area contributed by atoms with Crippen molar-refractivity contribution in [1.82, 2.24) is 10.6 Å². The second-order valence-electron chi connectivity index (χ2n) is 4.89. The van der Waals surface area contributed by atoms with Crippen LogP contribution in [0.2, 0.25) is 0 Å². The number of carbonyl (C=O) groups is 3. The number of ether oxygens (including phenoxy) is 1. The molecule has 2 rings (SSSR count). The lowest BCUT2D eigenvalue weighted by Crippen LogP contribution is -2.70. The summed E-state index contributed by atoms with van der Waals surface area (Å²) in [5, 5.41) is 14.0. The molecule has 1 aliphatic heterocycles. The number of thiocarbonyl (C=S) groups is 1. The monoisotopic (exact) mass is 295 g/mol. The van der Waals surface area contributed by atoms with Crippen molar-refractivity contribution in [3.63, 3.8) is 0 Å². The summed E-state index contributed by atoms with van der Waals surface area (Å²) in [5.41, 5.74) is -1.73. The number of nitriles is 1. The number of hydrogen-bond acceptors (Lipinski definition) is 6. The number of rotatable bonds is 4. The maximum Gasteiger partial charge on any atom is 0.333 e. The topological polar surface area (TPSA) is 108 Å². The third kappa shape index (κ3) is 2.36. The molecule has 0 unspecified atom stereocenters. The van der Waals surface area contributed by atoms with Crippen LogP contribution in [0.15, 0.2) is 0 Å². The first-order valence-corrected chi connectivity index (χ1v) is 6.49. The summed E-state index contributed by atoms with van der Waals surface area (Å²) in [4.78, 5) is 36.0. The van der Waals surface area contributed by atoms with Gasteiger partial charge in [-0.05, 0) is 25.1 Å². The van der Waals surface area contributed by atoms with Gasteiger partial charge in [-0.25, -0.2) is 4.79 Å². The van der Waals surface area contributed by atoms with Crippen molar-refractivity contribution in [3.8, 4) is 6.07 Å². The molecule has 1 aliphatic carbocycles. The molecule has 106 valence electrons. The molecule has 0 spiro atoms. The summed E-state index contributed by atoms with van der Waals surface area (Å²) in [6.45, 7) is 0. The number of hydrogen-bond donors (Lipinski definition) is 2. The van der Waals surface area contributed by atoms with Crippen molar-refractivity contribution in [2.24, 2.45) is 11.8 Å². The predicted octanol–water partition coefficient (Wildman–Crippen LogP) is -0.589. The Morgan fingerprint density at radius 1 is 1.55 bits per heavy atom. The van der Waals surface area contributed by atoms with Crippen LogP contribution in [0.3, 0.4) is 0 Å². The second kappa shape index (κ2) is 5.17. The highest BCUT2D eigenvalue weighted by molar-refractivity contribution is 7.80. The van der Waals surface area contributed by atoms with Gasteiger partial charge in [0.25, 0.3) is 0 Å². The maximum atomic E-state index is 12.1. The average Bonchev–Trinajstić information content (AvgIpc) is 3.21. The van der Waals surface area contributed by atoms with E-state index in [0.29, 0.717) is 0 Å². The van der Waals surface area contributed by atoms with Crippen LogP contribution in [0.1, 0.15) is 19.3 Å². The van der Waals surface area contributed by atoms with Crippen LogP contribution in [0.4, 0.5) is 0 Å². The van der Waals surface area contributed by atoms with Gasteiger partial charge < -0.3 is 15.4 Å². The van der Waals surface area contributed by atoms with Crippen LogP contribution in [0.5, 0.6) is 0 Å². The highest BCUT2D eigenvalue weighted by Gasteiger charge is 2.56. The van der Waals surface area contributed by atoms with Gasteiger partial charge in [0.15, 0.2) is 16.6 Å². The lowest BCUT2D eigenvalue weighted by atomic mass is 9.78. The Bertz CT molecular complexity index is 537. The van der Waals surface area contributed by atoms with E-state index in [1.807, 2.05) is 0 Å². The normalized spacial score (nSPS) is 28.9. The molecule has 2 fully saturated rings. The molecule has 7 nitrogen and oxygen atoms in total. The number of nitrogens with zero attached hydrogens (tertiary/aromatic N) is 1. The Kier molecular flexibility index (Phi) is 3.72. The molecule has 2 atom stereocenters. The zero-order valence-corrected chi connectivity index (χ0v) is 11.6. The molecule has 0 aromatic heterocycles. The molecule has 20 heavy (non-hydrogen) atoms. The van der Waals surface area contributed by atoms with Crippen LogP contribution < -0.4 is 10.6 Å². The number of amides is 1. The highest BCUT2D eigenvalue weighted by Crippen LogP contribution is 2.35. The molecule has 0 radical (unpaired) electrons. The van der Waals surface area contributed by atoms with Gasteiger partial charge in [-0.15, -0.1) is 0 Å². The zero-order valence-electron chi connectivity index (χ0n) is 10.8. The summed E-state index contributed by atoms with van der Waals surface area (Å²) >= 11 is 4.86. The molecule has 1 saturated heterocycles. The Hall–Kier alpha value is -2.01. The second-order valence-corrected chi connectivity index (χ2v) is 5.29. The minimum absolute atomic E-state index is 0.0875. The maximum absolute atomic E-state index is 12.1. The number of esters is 1. The summed E-state index contributed by atoms with van der Waals surface area (Å²) in [6.07, 6.45) is 1.25. The van der Waals surface area contributed by atoms with E-state index in [4.69, 9.17) is 12.2 Å². The van der Waals surface area contributed by atoms with Gasteiger partial charge in [0.05, 0.1) is 13.2 Å². The van der Waals surface area contributed by atoms with Gasteiger partial charge in [0.2, 0.25) is 5.91 Å². The highest BCUT2D eigenvalue weighted by atomic mass is 32.1. The summed E-state index contributed by atoms with van der Waals surface area (Å²) < 4.78 is 4.68. The van der Waals surface area contributed by atoms with Crippen molar-refractivity contribution in [2.45, 2.75) is 24.8 Å². The lowest BCUT2D eigenvalue weighted by molar-refractivity contribution is -0.154. The Labute approximate surface area is 120 Å². The van der Waals surface area contributed by atoms with Crippen molar-refractivity contribution in [1.29, 1.82) is 5.26 Å². The predicted molar refractivity (Wildman–Crippen MR) is 70.1 cm³/mol. The molecule has 1 amide bonds. The molecule has 2 aliphatic rings. The van der Waals surface area contributed by atoms with Gasteiger partial charge in [-0.2, -0.15) is 5.26 Å². The number of ketones is 1. The van der Waals surface area contributed by atoms with E-state index in [0.717, 1.165) is 20.0 Å². The smallest absolute Gasteiger partial charge is 0.333 e. The molecule has 1 heterocycles. The fourth-order valence-corrected chi connectivity index (χ4v) is 2.56. The molecular weight excluding hydrogens is 282 g/mol. The lowest BCUT2D eigenvalue weighted by Gasteiger charge is -2.38. The van der Waals surface area contributed by atoms with Crippen molar-refractivity contribution >= 4 is 35.0 Å². The van der Waals surface area contributed by atoms with Crippen LogP contribution in [0.25, 0.3) is 0 Å². The van der Waals surface area contributed by atoms with E-state index < -0.39 is 23.3 Å². The third-order valence-electron chi connectivity index (χ3n) is 3.49. The van der Waals surface area contributed by atoms with Gasteiger partial charge in [-0.1, -0.05) is 0 Å². The average molecular weight is 295 g/mol. The van der Waals surface area contributed by atoms with Crippen molar-refractivity contribution in [3.05, 3.63) is 0 Å². The fraction of sp³-hybridized carbons (Fsp3) is 0.583. The third-order valence-corrected chi connectivity index (χ3v) is 3.70. The first kappa shape index (κ1) is 14.4. The van der Waals surface area contributed by atoms with E-state index in [-0.39, 0.29) is 23.2 Å². The Morgan fingerprint density at radius 3 is 2.70 bits per heavy atom. The first-order valence-electron chi connectivity index (χ1n) is 6.08. The van der Waals surface area contributed by atoms with Crippen LogP contribution in [-0.2, 0) is 19.1 Å². The van der Waals surface area contributed by atoms with Crippen molar-refractivity contribution in [2.75, 3.05) is 7.11 Å². The van der Waals surface area contributed by atoms with E-state index in [1.54, 1.807) is 6.07 Å². The van der Waals surface area contributed by atoms with Crippen LogP contribution in [0, 0.1) is 23.2 Å². The van der Waals surface area contributed by atoms with Crippen LogP contribution >= 0.6 is 12.2 Å². The van der Waals surface area contributed by atoms with Gasteiger partial charge in [-0.3, -0.25) is 9.59 Å². The number of Topliss-reactive ketones (excluding diaryl/α,β-unsaturated/α-hetero) is 1. The first-order chi connectivity index (χ1) is 9.44. The van der Waals surface area contributed by atoms with E-state index in [2.05, 4.69) is 15.4 Å². The fourth-order valence-electron chi connectivity index (χ4n) is 2.28. The number of carbonyl (C=O) groups excluding carboxylic acids is 3. The van der Waals surface area contributed by atoms with E-state index in [9.17, 15) is 19.6 Å². The summed E-state index contributed by atoms with van der Waals surface area (Å²) in [6, 6.07) is 1.76. The van der Waals surface area contributed by atoms with E-state index in [1.165, 1.54) is 0 Å². The Morgan fingerprint density at radius 2 is 2.20 bits per heavy atom. The molecule has 1 saturated carbocycles. The molecular formula is C12H13N3O4S. The zero-order chi connectivity index (χ0) is 14.9. The standard InChI is InChI=1S/C12H13N3O4S/c1-19-10(18)12(4-8(16)6-2-3-6)7(5-13)9(17)14-11(20)15-12/h6-7H,2-4H2,1H3,(H2,14,15,17,20)/t7-,12+/m1/s1. The van der Waals surface area contributed by atoms with Gasteiger partial charge in [0.1, 0.15) is 5.78 Å². The van der Waals surface area contributed by atoms with E-state index >= 15 is 0 Å². The molecule has 2 N–H and O–H groups in total. The number of nitrogens with one attached hydrogen (secondary N) is 2. The largest absolute Gasteiger partial charge is 0.467 e. The number of methoxy groups -OCH3 is 1. The van der Waals surface area contributed by atoms with Gasteiger partial charge in [0, 0.05) is 12.3 Å². The SMILES string of the molecule is COC(=O)[C@@]1(CC(=O)C2CC2)NC(=S)NC(=O)[C@H]1C#N. The van der Waals surface area contributed by atoms with Gasteiger partial charge >= 0.3 is 5.97 Å².